The number of benzene rings is 3. The molecule has 1 saturated heterocycles. The smallest absolute Gasteiger partial charge is 0.300 e. The van der Waals surface area contributed by atoms with Gasteiger partial charge in [-0.1, -0.05) is 35.3 Å². The molecule has 1 aliphatic heterocycles. The topological polar surface area (TPSA) is 76.1 Å². The van der Waals surface area contributed by atoms with Crippen molar-refractivity contribution in [3.05, 3.63) is 93.2 Å². The van der Waals surface area contributed by atoms with E-state index in [1.165, 1.54) is 73.7 Å². The highest BCUT2D eigenvalue weighted by molar-refractivity contribution is 6.52. The van der Waals surface area contributed by atoms with Crippen molar-refractivity contribution in [2.24, 2.45) is 0 Å². The molecule has 1 unspecified atom stereocenters. The number of aliphatic hydroxyl groups excluding tert-OH is 1. The average Bonchev–Trinajstić information content (AvgIpc) is 3.10. The second kappa shape index (κ2) is 9.37. The number of halogens is 3. The van der Waals surface area contributed by atoms with Gasteiger partial charge in [-0.3, -0.25) is 14.5 Å². The van der Waals surface area contributed by atoms with Crippen molar-refractivity contribution in [3.63, 3.8) is 0 Å². The van der Waals surface area contributed by atoms with Gasteiger partial charge in [-0.05, 0) is 54.1 Å². The fourth-order valence-electron chi connectivity index (χ4n) is 3.83. The van der Waals surface area contributed by atoms with Crippen LogP contribution in [-0.2, 0) is 9.59 Å². The monoisotopic (exact) mass is 501 g/mol. The molecule has 0 bridgehead atoms. The van der Waals surface area contributed by atoms with Crippen LogP contribution in [0.25, 0.3) is 5.76 Å². The third kappa shape index (κ3) is 4.08. The Labute approximate surface area is 204 Å². The number of methoxy groups -OCH3 is 2. The van der Waals surface area contributed by atoms with E-state index in [-0.39, 0.29) is 26.9 Å². The van der Waals surface area contributed by atoms with E-state index >= 15 is 0 Å². The van der Waals surface area contributed by atoms with Crippen molar-refractivity contribution in [1.29, 1.82) is 0 Å². The van der Waals surface area contributed by atoms with E-state index in [1.54, 1.807) is 6.07 Å². The van der Waals surface area contributed by atoms with Gasteiger partial charge in [-0.15, -0.1) is 0 Å². The summed E-state index contributed by atoms with van der Waals surface area (Å²) in [5, 5.41) is 11.7. The number of carbonyl (C=O) groups excluding carboxylic acids is 2. The van der Waals surface area contributed by atoms with Crippen molar-refractivity contribution < 1.29 is 28.6 Å². The van der Waals surface area contributed by atoms with Gasteiger partial charge in [0.25, 0.3) is 11.7 Å². The molecule has 1 atom stereocenters. The van der Waals surface area contributed by atoms with Gasteiger partial charge in [0.05, 0.1) is 35.9 Å². The zero-order chi connectivity index (χ0) is 24.6. The Morgan fingerprint density at radius 2 is 1.59 bits per heavy atom. The van der Waals surface area contributed by atoms with Gasteiger partial charge < -0.3 is 14.6 Å². The second-order valence-corrected chi connectivity index (χ2v) is 8.20. The maximum absolute atomic E-state index is 13.7. The lowest BCUT2D eigenvalue weighted by molar-refractivity contribution is -0.132. The van der Waals surface area contributed by atoms with Crippen LogP contribution in [0.5, 0.6) is 11.5 Å². The number of Topliss-reactive ketones (excluding diaryl/α,β-unsaturated/α-hetero) is 1. The number of hydrogen-bond donors (Lipinski definition) is 1. The summed E-state index contributed by atoms with van der Waals surface area (Å²) in [5.41, 5.74) is 0.762. The number of nitrogens with zero attached hydrogens (tertiary/aromatic N) is 1. The maximum Gasteiger partial charge on any atom is 0.300 e. The normalized spacial score (nSPS) is 17.2. The van der Waals surface area contributed by atoms with Crippen molar-refractivity contribution in [3.8, 4) is 11.5 Å². The van der Waals surface area contributed by atoms with E-state index in [4.69, 9.17) is 32.7 Å². The summed E-state index contributed by atoms with van der Waals surface area (Å²) in [6.07, 6.45) is 0. The lowest BCUT2D eigenvalue weighted by Crippen LogP contribution is -2.29. The molecule has 0 radical (unpaired) electrons. The number of anilines is 1. The first-order valence-corrected chi connectivity index (χ1v) is 10.8. The van der Waals surface area contributed by atoms with Crippen LogP contribution in [-0.4, -0.2) is 31.0 Å². The molecule has 1 fully saturated rings. The standard InChI is InChI=1S/C25H18Cl2FNO5/c1-33-19-10-5-14(11-20(19)34-2)23(30)21-22(13-3-6-15(28)7-4-13)29(25(32)24(21)31)16-8-9-17(26)18(27)12-16/h3-12,22,30H,1-2H3/b23-21+. The molecule has 0 aliphatic carbocycles. The Morgan fingerprint density at radius 1 is 0.912 bits per heavy atom. The number of carbonyl (C=O) groups is 2. The zero-order valence-electron chi connectivity index (χ0n) is 18.0. The predicted molar refractivity (Wildman–Crippen MR) is 127 cm³/mol. The number of aliphatic hydroxyl groups is 1. The van der Waals surface area contributed by atoms with Crippen molar-refractivity contribution in [2.75, 3.05) is 19.1 Å². The molecule has 1 amide bonds. The lowest BCUT2D eigenvalue weighted by Gasteiger charge is -2.25. The van der Waals surface area contributed by atoms with Crippen molar-refractivity contribution >= 4 is 46.3 Å². The molecule has 9 heteroatoms. The van der Waals surface area contributed by atoms with Crippen LogP contribution in [0, 0.1) is 5.82 Å². The number of hydrogen-bond acceptors (Lipinski definition) is 5. The Hall–Kier alpha value is -3.55. The molecule has 34 heavy (non-hydrogen) atoms. The SMILES string of the molecule is COc1ccc(/C(O)=C2\C(=O)C(=O)N(c3ccc(Cl)c(Cl)c3)C2c2ccc(F)cc2)cc1OC. The van der Waals surface area contributed by atoms with E-state index in [9.17, 15) is 19.1 Å². The highest BCUT2D eigenvalue weighted by Gasteiger charge is 2.47. The summed E-state index contributed by atoms with van der Waals surface area (Å²) in [5.74, 6) is -1.96. The molecule has 1 heterocycles. The molecule has 174 valence electrons. The fraction of sp³-hybridized carbons (Fsp3) is 0.120. The van der Waals surface area contributed by atoms with E-state index in [1.807, 2.05) is 0 Å². The minimum absolute atomic E-state index is 0.171. The van der Waals surface area contributed by atoms with E-state index in [0.29, 0.717) is 17.1 Å². The number of rotatable bonds is 5. The summed E-state index contributed by atoms with van der Waals surface area (Å²) >= 11 is 12.2. The van der Waals surface area contributed by atoms with Crippen LogP contribution in [0.3, 0.4) is 0 Å². The summed E-state index contributed by atoms with van der Waals surface area (Å²) in [7, 11) is 2.90. The summed E-state index contributed by atoms with van der Waals surface area (Å²) in [6, 6.07) is 13.3. The first-order chi connectivity index (χ1) is 16.3. The Balaban J connectivity index is 1.94. The van der Waals surface area contributed by atoms with Gasteiger partial charge >= 0.3 is 0 Å². The summed E-state index contributed by atoms with van der Waals surface area (Å²) in [6.45, 7) is 0. The van der Waals surface area contributed by atoms with E-state index in [2.05, 4.69) is 0 Å². The first kappa shape index (κ1) is 23.6. The minimum Gasteiger partial charge on any atom is -0.507 e. The Kier molecular flexibility index (Phi) is 6.50. The van der Waals surface area contributed by atoms with Gasteiger partial charge in [0.15, 0.2) is 11.5 Å². The zero-order valence-corrected chi connectivity index (χ0v) is 19.5. The summed E-state index contributed by atoms with van der Waals surface area (Å²) in [4.78, 5) is 27.5. The van der Waals surface area contributed by atoms with Crippen molar-refractivity contribution in [1.82, 2.24) is 0 Å². The van der Waals surface area contributed by atoms with Crippen LogP contribution in [0.2, 0.25) is 10.0 Å². The van der Waals surface area contributed by atoms with Gasteiger partial charge in [-0.2, -0.15) is 0 Å². The highest BCUT2D eigenvalue weighted by Crippen LogP contribution is 2.44. The Morgan fingerprint density at radius 3 is 2.21 bits per heavy atom. The first-order valence-electron chi connectivity index (χ1n) is 10.0. The molecule has 1 aliphatic rings. The molecular formula is C25H18Cl2FNO5. The number of ketones is 1. The minimum atomic E-state index is -1.05. The quantitative estimate of drug-likeness (QED) is 0.272. The molecule has 0 spiro atoms. The van der Waals surface area contributed by atoms with Gasteiger partial charge in [0, 0.05) is 11.3 Å². The molecule has 3 aromatic carbocycles. The molecule has 6 nitrogen and oxygen atoms in total. The average molecular weight is 502 g/mol. The van der Waals surface area contributed by atoms with Gasteiger partial charge in [0.1, 0.15) is 11.6 Å². The third-order valence-corrected chi connectivity index (χ3v) is 6.21. The largest absolute Gasteiger partial charge is 0.507 e. The van der Waals surface area contributed by atoms with Crippen LogP contribution in [0.1, 0.15) is 17.2 Å². The number of ether oxygens (including phenoxy) is 2. The fourth-order valence-corrected chi connectivity index (χ4v) is 4.13. The molecule has 0 saturated carbocycles. The van der Waals surface area contributed by atoms with Crippen LogP contribution in [0.15, 0.2) is 66.2 Å². The Bertz CT molecular complexity index is 1320. The van der Waals surface area contributed by atoms with Crippen molar-refractivity contribution in [2.45, 2.75) is 6.04 Å². The highest BCUT2D eigenvalue weighted by atomic mass is 35.5. The summed E-state index contributed by atoms with van der Waals surface area (Å²) < 4.78 is 24.2. The number of amides is 1. The predicted octanol–water partition coefficient (Wildman–Crippen LogP) is 5.78. The molecule has 1 N–H and O–H groups in total. The lowest BCUT2D eigenvalue weighted by atomic mass is 9.95. The van der Waals surface area contributed by atoms with Gasteiger partial charge in [0.2, 0.25) is 0 Å². The third-order valence-electron chi connectivity index (χ3n) is 5.47. The second-order valence-electron chi connectivity index (χ2n) is 7.39. The molecule has 0 aromatic heterocycles. The molecule has 4 rings (SSSR count). The van der Waals surface area contributed by atoms with E-state index in [0.717, 1.165) is 0 Å². The van der Waals surface area contributed by atoms with Crippen LogP contribution < -0.4 is 14.4 Å². The molecule has 3 aromatic rings. The van der Waals surface area contributed by atoms with E-state index < -0.39 is 29.3 Å². The maximum atomic E-state index is 13.7. The molecular weight excluding hydrogens is 484 g/mol. The van der Waals surface area contributed by atoms with Gasteiger partial charge in [-0.25, -0.2) is 4.39 Å². The van der Waals surface area contributed by atoms with Crippen LogP contribution in [0.4, 0.5) is 10.1 Å². The van der Waals surface area contributed by atoms with Crippen LogP contribution >= 0.6 is 23.2 Å².